The van der Waals surface area contributed by atoms with E-state index in [1.54, 1.807) is 17.8 Å². The lowest BCUT2D eigenvalue weighted by Crippen LogP contribution is -2.26. The number of hydrogen-bond donors (Lipinski definition) is 1. The van der Waals surface area contributed by atoms with E-state index < -0.39 is 26.6 Å². The van der Waals surface area contributed by atoms with E-state index in [0.29, 0.717) is 29.7 Å². The van der Waals surface area contributed by atoms with Crippen molar-refractivity contribution >= 4 is 21.6 Å². The van der Waals surface area contributed by atoms with Crippen LogP contribution in [0, 0.1) is 18.6 Å². The Hall–Kier alpha value is -1.51. The lowest BCUT2D eigenvalue weighted by Gasteiger charge is -2.08. The molecule has 0 aliphatic rings. The van der Waals surface area contributed by atoms with Gasteiger partial charge in [0.2, 0.25) is 10.0 Å². The van der Waals surface area contributed by atoms with E-state index in [1.807, 2.05) is 0 Å². The number of rotatable bonds is 6. The Bertz CT molecular complexity index is 758. The molecule has 5 nitrogen and oxygen atoms in total. The molecular weight excluding hydrogens is 336 g/mol. The summed E-state index contributed by atoms with van der Waals surface area (Å²) in [6.07, 6.45) is 2.09. The minimum Gasteiger partial charge on any atom is -0.271 e. The highest BCUT2D eigenvalue weighted by Gasteiger charge is 2.18. The van der Waals surface area contributed by atoms with Crippen molar-refractivity contribution in [2.24, 2.45) is 0 Å². The first kappa shape index (κ1) is 16.9. The van der Waals surface area contributed by atoms with Crippen LogP contribution in [0.15, 0.2) is 29.3 Å². The zero-order valence-corrected chi connectivity index (χ0v) is 13.3. The maximum atomic E-state index is 13.5. The van der Waals surface area contributed by atoms with Crippen molar-refractivity contribution in [1.29, 1.82) is 0 Å². The van der Waals surface area contributed by atoms with Crippen LogP contribution < -0.4 is 4.72 Å². The first-order valence-electron chi connectivity index (χ1n) is 6.44. The van der Waals surface area contributed by atoms with Crippen LogP contribution in [0.2, 0.25) is 5.02 Å². The number of halogens is 3. The number of sulfonamides is 1. The number of nitrogens with one attached hydrogen (secondary N) is 1. The molecule has 1 heterocycles. The Morgan fingerprint density at radius 2 is 2.09 bits per heavy atom. The van der Waals surface area contributed by atoms with Crippen molar-refractivity contribution < 1.29 is 17.2 Å². The van der Waals surface area contributed by atoms with Gasteiger partial charge in [-0.05, 0) is 25.5 Å². The zero-order chi connectivity index (χ0) is 16.3. The molecule has 0 aliphatic carbocycles. The van der Waals surface area contributed by atoms with Crippen LogP contribution in [0.4, 0.5) is 8.78 Å². The molecule has 22 heavy (non-hydrogen) atoms. The van der Waals surface area contributed by atoms with Gasteiger partial charge in [0.05, 0.1) is 10.7 Å². The molecule has 1 N–H and O–H groups in total. The summed E-state index contributed by atoms with van der Waals surface area (Å²) in [7, 11) is -4.01. The fourth-order valence-corrected chi connectivity index (χ4v) is 3.11. The zero-order valence-electron chi connectivity index (χ0n) is 11.7. The quantitative estimate of drug-likeness (QED) is 0.815. The summed E-state index contributed by atoms with van der Waals surface area (Å²) in [6, 6.07) is 2.32. The average Bonchev–Trinajstić information content (AvgIpc) is 2.73. The van der Waals surface area contributed by atoms with Crippen LogP contribution in [-0.2, 0) is 16.6 Å². The van der Waals surface area contributed by atoms with Gasteiger partial charge in [0, 0.05) is 25.4 Å². The van der Waals surface area contributed by atoms with Crippen molar-refractivity contribution in [2.75, 3.05) is 6.54 Å². The van der Waals surface area contributed by atoms with Crippen molar-refractivity contribution in [3.63, 3.8) is 0 Å². The Morgan fingerprint density at radius 3 is 2.68 bits per heavy atom. The maximum absolute atomic E-state index is 13.5. The fourth-order valence-electron chi connectivity index (χ4n) is 1.83. The number of nitrogens with zero attached hydrogens (tertiary/aromatic N) is 2. The van der Waals surface area contributed by atoms with Gasteiger partial charge in [0.1, 0.15) is 16.5 Å². The summed E-state index contributed by atoms with van der Waals surface area (Å²) in [6.45, 7) is 2.32. The van der Waals surface area contributed by atoms with Gasteiger partial charge in [-0.1, -0.05) is 11.6 Å². The third kappa shape index (κ3) is 4.02. The van der Waals surface area contributed by atoms with E-state index in [1.165, 1.54) is 0 Å². The normalized spacial score (nSPS) is 11.8. The highest BCUT2D eigenvalue weighted by atomic mass is 35.5. The Kier molecular flexibility index (Phi) is 5.15. The third-order valence-electron chi connectivity index (χ3n) is 2.93. The van der Waals surface area contributed by atoms with Crippen LogP contribution in [0.5, 0.6) is 0 Å². The van der Waals surface area contributed by atoms with Gasteiger partial charge < -0.3 is 0 Å². The molecule has 120 valence electrons. The van der Waals surface area contributed by atoms with Gasteiger partial charge in [-0.2, -0.15) is 5.10 Å². The van der Waals surface area contributed by atoms with E-state index in [-0.39, 0.29) is 6.54 Å². The number of benzene rings is 1. The van der Waals surface area contributed by atoms with Crippen LogP contribution in [0.1, 0.15) is 12.1 Å². The Morgan fingerprint density at radius 1 is 1.36 bits per heavy atom. The first-order chi connectivity index (χ1) is 10.3. The molecule has 9 heteroatoms. The molecule has 0 radical (unpaired) electrons. The molecule has 2 rings (SSSR count). The van der Waals surface area contributed by atoms with Gasteiger partial charge in [-0.3, -0.25) is 4.68 Å². The molecule has 0 aliphatic heterocycles. The number of hydrogen-bond acceptors (Lipinski definition) is 3. The minimum atomic E-state index is -4.01. The van der Waals surface area contributed by atoms with E-state index in [9.17, 15) is 17.2 Å². The van der Waals surface area contributed by atoms with Gasteiger partial charge >= 0.3 is 0 Å². The van der Waals surface area contributed by atoms with Crippen LogP contribution in [-0.4, -0.2) is 24.7 Å². The SMILES string of the molecule is Cc1nn(CCCNS(=O)(=O)c2ccc(F)cc2F)cc1Cl. The Balaban J connectivity index is 1.92. The first-order valence-corrected chi connectivity index (χ1v) is 8.30. The molecule has 0 amide bonds. The minimum absolute atomic E-state index is 0.0929. The lowest BCUT2D eigenvalue weighted by atomic mass is 10.3. The third-order valence-corrected chi connectivity index (χ3v) is 4.79. The molecule has 0 unspecified atom stereocenters. The summed E-state index contributed by atoms with van der Waals surface area (Å²) in [4.78, 5) is -0.577. The van der Waals surface area contributed by atoms with Crippen molar-refractivity contribution in [3.8, 4) is 0 Å². The van der Waals surface area contributed by atoms with Gasteiger partial charge in [-0.15, -0.1) is 0 Å². The molecule has 0 spiro atoms. The Labute approximate surface area is 132 Å². The van der Waals surface area contributed by atoms with Crippen molar-refractivity contribution in [1.82, 2.24) is 14.5 Å². The second-order valence-corrected chi connectivity index (χ2v) is 6.79. The van der Waals surface area contributed by atoms with Crippen LogP contribution in [0.3, 0.4) is 0 Å². The van der Waals surface area contributed by atoms with E-state index in [0.717, 1.165) is 12.1 Å². The summed E-state index contributed by atoms with van der Waals surface area (Å²) in [5, 5.41) is 4.67. The molecular formula is C13H14ClF2N3O2S. The predicted octanol–water partition coefficient (Wildman–Crippen LogP) is 2.49. The summed E-state index contributed by atoms with van der Waals surface area (Å²) in [5.74, 6) is -1.95. The second-order valence-electron chi connectivity index (χ2n) is 4.65. The fraction of sp³-hybridized carbons (Fsp3) is 0.308. The summed E-state index contributed by atoms with van der Waals surface area (Å²) >= 11 is 5.86. The topological polar surface area (TPSA) is 64.0 Å². The monoisotopic (exact) mass is 349 g/mol. The highest BCUT2D eigenvalue weighted by molar-refractivity contribution is 7.89. The molecule has 0 saturated carbocycles. The smallest absolute Gasteiger partial charge is 0.243 e. The van der Waals surface area contributed by atoms with Gasteiger partial charge in [0.25, 0.3) is 0 Å². The largest absolute Gasteiger partial charge is 0.271 e. The summed E-state index contributed by atoms with van der Waals surface area (Å²) < 4.78 is 54.0. The molecule has 2 aromatic rings. The van der Waals surface area contributed by atoms with E-state index >= 15 is 0 Å². The van der Waals surface area contributed by atoms with Crippen LogP contribution in [0.25, 0.3) is 0 Å². The van der Waals surface area contributed by atoms with Crippen molar-refractivity contribution in [2.45, 2.75) is 24.8 Å². The van der Waals surface area contributed by atoms with E-state index in [2.05, 4.69) is 9.82 Å². The van der Waals surface area contributed by atoms with Crippen LogP contribution >= 0.6 is 11.6 Å². The molecule has 1 aromatic carbocycles. The van der Waals surface area contributed by atoms with Crippen molar-refractivity contribution in [3.05, 3.63) is 46.7 Å². The highest BCUT2D eigenvalue weighted by Crippen LogP contribution is 2.15. The number of aryl methyl sites for hydroxylation is 2. The maximum Gasteiger partial charge on any atom is 0.243 e. The van der Waals surface area contributed by atoms with E-state index in [4.69, 9.17) is 11.6 Å². The molecule has 0 atom stereocenters. The molecule has 0 bridgehead atoms. The lowest BCUT2D eigenvalue weighted by molar-refractivity contribution is 0.534. The molecule has 0 fully saturated rings. The van der Waals surface area contributed by atoms with Gasteiger partial charge in [0.15, 0.2) is 0 Å². The molecule has 0 saturated heterocycles. The standard InChI is InChI=1S/C13H14ClF2N3O2S/c1-9-11(14)8-19(18-9)6-2-5-17-22(20,21)13-4-3-10(15)7-12(13)16/h3-4,7-8,17H,2,5-6H2,1H3. The van der Waals surface area contributed by atoms with Gasteiger partial charge in [-0.25, -0.2) is 21.9 Å². The molecule has 1 aromatic heterocycles. The average molecular weight is 350 g/mol. The summed E-state index contributed by atoms with van der Waals surface area (Å²) in [5.41, 5.74) is 0.690. The number of aromatic nitrogens is 2. The predicted molar refractivity (Wildman–Crippen MR) is 78.1 cm³/mol. The second kappa shape index (κ2) is 6.72.